The predicted octanol–water partition coefficient (Wildman–Crippen LogP) is 2.27. The Kier molecular flexibility index (Phi) is 4.05. The number of rotatable bonds is 2. The molecule has 0 unspecified atom stereocenters. The number of aromatic nitrogens is 3. The summed E-state index contributed by atoms with van der Waals surface area (Å²) in [5, 5.41) is 0. The summed E-state index contributed by atoms with van der Waals surface area (Å²) in [7, 11) is 0. The van der Waals surface area contributed by atoms with Gasteiger partial charge in [0.1, 0.15) is 10.7 Å². The van der Waals surface area contributed by atoms with Gasteiger partial charge in [0.15, 0.2) is 4.96 Å². The van der Waals surface area contributed by atoms with Crippen LogP contribution in [0.15, 0.2) is 59.5 Å². The van der Waals surface area contributed by atoms with Crippen molar-refractivity contribution >= 4 is 39.1 Å². The van der Waals surface area contributed by atoms with E-state index in [4.69, 9.17) is 0 Å². The zero-order chi connectivity index (χ0) is 19.1. The molecule has 0 radical (unpaired) electrons. The number of hydrogen-bond donors (Lipinski definition) is 0. The van der Waals surface area contributed by atoms with Gasteiger partial charge >= 0.3 is 0 Å². The van der Waals surface area contributed by atoms with E-state index in [-0.39, 0.29) is 11.5 Å². The van der Waals surface area contributed by atoms with E-state index in [1.807, 2.05) is 42.5 Å². The molecule has 5 rings (SSSR count). The second-order valence-corrected chi connectivity index (χ2v) is 7.64. The van der Waals surface area contributed by atoms with Crippen LogP contribution in [-0.4, -0.2) is 51.4 Å². The first-order valence-corrected chi connectivity index (χ1v) is 9.89. The van der Waals surface area contributed by atoms with E-state index in [1.165, 1.54) is 17.4 Å². The van der Waals surface area contributed by atoms with Gasteiger partial charge in [-0.15, -0.1) is 0 Å². The third-order valence-electron chi connectivity index (χ3n) is 4.96. The molecule has 3 aromatic heterocycles. The van der Waals surface area contributed by atoms with Crippen LogP contribution in [-0.2, 0) is 0 Å². The molecule has 0 aliphatic carbocycles. The highest BCUT2D eigenvalue weighted by atomic mass is 32.1. The van der Waals surface area contributed by atoms with Gasteiger partial charge in [0.2, 0.25) is 0 Å². The second kappa shape index (κ2) is 6.72. The number of para-hydroxylation sites is 2. The molecule has 140 valence electrons. The van der Waals surface area contributed by atoms with Crippen molar-refractivity contribution in [2.24, 2.45) is 0 Å². The number of pyridine rings is 1. The number of amides is 1. The van der Waals surface area contributed by atoms with Crippen LogP contribution in [0.1, 0.15) is 9.67 Å². The zero-order valence-electron chi connectivity index (χ0n) is 15.0. The largest absolute Gasteiger partial charge is 0.353 e. The van der Waals surface area contributed by atoms with Crippen LogP contribution in [0.3, 0.4) is 0 Å². The third kappa shape index (κ3) is 2.82. The van der Waals surface area contributed by atoms with E-state index in [0.717, 1.165) is 16.9 Å². The lowest BCUT2D eigenvalue weighted by Gasteiger charge is -2.35. The summed E-state index contributed by atoms with van der Waals surface area (Å²) >= 11 is 1.26. The summed E-state index contributed by atoms with van der Waals surface area (Å²) in [6.45, 7) is 2.62. The van der Waals surface area contributed by atoms with Crippen LogP contribution in [0.5, 0.6) is 0 Å². The van der Waals surface area contributed by atoms with Crippen molar-refractivity contribution in [3.05, 3.63) is 70.0 Å². The highest BCUT2D eigenvalue weighted by Crippen LogP contribution is 2.21. The van der Waals surface area contributed by atoms with Crippen LogP contribution in [0, 0.1) is 0 Å². The fraction of sp³-hybridized carbons (Fsp3) is 0.200. The Hall–Kier alpha value is -3.26. The molecule has 8 heteroatoms. The molecule has 1 saturated heterocycles. The van der Waals surface area contributed by atoms with E-state index in [0.29, 0.717) is 36.0 Å². The van der Waals surface area contributed by atoms with E-state index in [1.54, 1.807) is 15.5 Å². The molecular formula is C20H17N5O2S. The van der Waals surface area contributed by atoms with Gasteiger partial charge in [0.05, 0.1) is 11.0 Å². The van der Waals surface area contributed by atoms with Crippen LogP contribution in [0.4, 0.5) is 5.82 Å². The van der Waals surface area contributed by atoms with Gasteiger partial charge in [0.25, 0.3) is 11.5 Å². The van der Waals surface area contributed by atoms with Crippen molar-refractivity contribution in [3.63, 3.8) is 0 Å². The second-order valence-electron chi connectivity index (χ2n) is 6.63. The first kappa shape index (κ1) is 16.9. The Morgan fingerprint density at radius 3 is 2.57 bits per heavy atom. The molecule has 1 fully saturated rings. The summed E-state index contributed by atoms with van der Waals surface area (Å²) in [6.07, 6.45) is 1.77. The number of carbonyl (C=O) groups excluding carboxylic acids is 1. The molecule has 7 nitrogen and oxygen atoms in total. The molecule has 4 aromatic rings. The average molecular weight is 391 g/mol. The SMILES string of the molecule is O=C(c1cc(=O)n2c(nc3ccccc32)s1)N1CCN(c2ccccn2)CC1. The normalized spacial score (nSPS) is 14.7. The smallest absolute Gasteiger partial charge is 0.264 e. The van der Waals surface area contributed by atoms with Crippen molar-refractivity contribution < 1.29 is 4.79 Å². The lowest BCUT2D eigenvalue weighted by atomic mass is 10.3. The fourth-order valence-electron chi connectivity index (χ4n) is 3.53. The van der Waals surface area contributed by atoms with Crippen LogP contribution in [0.2, 0.25) is 0 Å². The van der Waals surface area contributed by atoms with Crippen LogP contribution >= 0.6 is 11.3 Å². The molecule has 0 N–H and O–H groups in total. The molecule has 4 heterocycles. The number of carbonyl (C=O) groups is 1. The third-order valence-corrected chi connectivity index (χ3v) is 5.93. The monoisotopic (exact) mass is 391 g/mol. The number of anilines is 1. The summed E-state index contributed by atoms with van der Waals surface area (Å²) < 4.78 is 1.57. The summed E-state index contributed by atoms with van der Waals surface area (Å²) in [5.41, 5.74) is 1.30. The predicted molar refractivity (Wildman–Crippen MR) is 109 cm³/mol. The molecule has 0 bridgehead atoms. The quantitative estimate of drug-likeness (QED) is 0.524. The van der Waals surface area contributed by atoms with Crippen molar-refractivity contribution in [3.8, 4) is 0 Å². The van der Waals surface area contributed by atoms with Gasteiger partial charge in [-0.3, -0.25) is 14.0 Å². The molecule has 1 aromatic carbocycles. The molecule has 0 spiro atoms. The number of fused-ring (bicyclic) bond motifs is 3. The number of hydrogen-bond acceptors (Lipinski definition) is 6. The van der Waals surface area contributed by atoms with Gasteiger partial charge in [-0.05, 0) is 24.3 Å². The van der Waals surface area contributed by atoms with Crippen molar-refractivity contribution in [1.29, 1.82) is 0 Å². The Balaban J connectivity index is 1.41. The average Bonchev–Trinajstić information content (AvgIpc) is 3.13. The lowest BCUT2D eigenvalue weighted by Crippen LogP contribution is -2.49. The van der Waals surface area contributed by atoms with Crippen LogP contribution in [0.25, 0.3) is 16.0 Å². The van der Waals surface area contributed by atoms with E-state index < -0.39 is 0 Å². The number of benzene rings is 1. The number of piperazine rings is 1. The van der Waals surface area contributed by atoms with E-state index >= 15 is 0 Å². The Morgan fingerprint density at radius 2 is 1.79 bits per heavy atom. The lowest BCUT2D eigenvalue weighted by molar-refractivity contribution is 0.0751. The highest BCUT2D eigenvalue weighted by molar-refractivity contribution is 7.18. The maximum atomic E-state index is 13.0. The minimum Gasteiger partial charge on any atom is -0.353 e. The topological polar surface area (TPSA) is 70.8 Å². The molecule has 28 heavy (non-hydrogen) atoms. The minimum atomic E-state index is -0.224. The maximum Gasteiger partial charge on any atom is 0.264 e. The molecular weight excluding hydrogens is 374 g/mol. The molecule has 1 aliphatic heterocycles. The zero-order valence-corrected chi connectivity index (χ0v) is 15.8. The van der Waals surface area contributed by atoms with Crippen LogP contribution < -0.4 is 10.5 Å². The Labute approximate surface area is 164 Å². The van der Waals surface area contributed by atoms with Crippen molar-refractivity contribution in [2.75, 3.05) is 31.1 Å². The van der Waals surface area contributed by atoms with Gasteiger partial charge < -0.3 is 9.80 Å². The Morgan fingerprint density at radius 1 is 1.00 bits per heavy atom. The number of nitrogens with zero attached hydrogens (tertiary/aromatic N) is 5. The first-order valence-electron chi connectivity index (χ1n) is 9.07. The summed E-state index contributed by atoms with van der Waals surface area (Å²) in [4.78, 5) is 39.4. The van der Waals surface area contributed by atoms with Crippen molar-refractivity contribution in [1.82, 2.24) is 19.3 Å². The first-order chi connectivity index (χ1) is 13.7. The van der Waals surface area contributed by atoms with E-state index in [2.05, 4.69) is 14.9 Å². The van der Waals surface area contributed by atoms with Gasteiger partial charge in [-0.25, -0.2) is 9.97 Å². The van der Waals surface area contributed by atoms with Gasteiger partial charge in [-0.1, -0.05) is 29.5 Å². The standard InChI is InChI=1S/C20H17N5O2S/c26-18-13-16(28-20-22-14-5-1-2-6-15(14)25(18)20)19(27)24-11-9-23(10-12-24)17-7-3-4-8-21-17/h1-8,13H,9-12H2. The summed E-state index contributed by atoms with van der Waals surface area (Å²) in [6, 6.07) is 14.7. The minimum absolute atomic E-state index is 0.114. The Bertz CT molecular complexity index is 1230. The van der Waals surface area contributed by atoms with Gasteiger partial charge in [0, 0.05) is 38.4 Å². The highest BCUT2D eigenvalue weighted by Gasteiger charge is 2.24. The molecule has 0 saturated carbocycles. The maximum absolute atomic E-state index is 13.0. The van der Waals surface area contributed by atoms with Gasteiger partial charge in [-0.2, -0.15) is 0 Å². The fourth-order valence-corrected chi connectivity index (χ4v) is 4.53. The van der Waals surface area contributed by atoms with E-state index in [9.17, 15) is 9.59 Å². The molecule has 0 atom stereocenters. The number of imidazole rings is 1. The molecule has 1 aliphatic rings. The summed E-state index contributed by atoms with van der Waals surface area (Å²) in [5.74, 6) is 0.807. The van der Waals surface area contributed by atoms with Crippen molar-refractivity contribution in [2.45, 2.75) is 0 Å². The molecule has 1 amide bonds.